The highest BCUT2D eigenvalue weighted by Crippen LogP contribution is 2.40. The van der Waals surface area contributed by atoms with E-state index in [2.05, 4.69) is 21.5 Å². The van der Waals surface area contributed by atoms with Crippen molar-refractivity contribution in [2.45, 2.75) is 24.0 Å². The smallest absolute Gasteiger partial charge is 0.226 e. The first-order valence-corrected chi connectivity index (χ1v) is 6.76. The van der Waals surface area contributed by atoms with Gasteiger partial charge >= 0.3 is 0 Å². The van der Waals surface area contributed by atoms with E-state index in [9.17, 15) is 15.3 Å². The molecule has 10 heteroatoms. The molecule has 4 atom stereocenters. The van der Waals surface area contributed by atoms with E-state index in [0.29, 0.717) is 0 Å². The van der Waals surface area contributed by atoms with E-state index in [1.165, 1.54) is 10.9 Å². The Morgan fingerprint density at radius 2 is 2.27 bits per heavy atom. The number of nitrogen functional groups attached to an aromatic ring is 1. The minimum absolute atomic E-state index is 0.0770. The molecule has 0 bridgehead atoms. The first kappa shape index (κ1) is 15.1. The third kappa shape index (κ3) is 1.98. The van der Waals surface area contributed by atoms with Crippen molar-refractivity contribution in [3.63, 3.8) is 0 Å². The van der Waals surface area contributed by atoms with Crippen LogP contribution in [0.15, 0.2) is 19.0 Å². The summed E-state index contributed by atoms with van der Waals surface area (Å²) in [6.45, 7) is 3.05. The molecule has 5 N–H and O–H groups in total. The lowest BCUT2D eigenvalue weighted by molar-refractivity contribution is -0.0771. The maximum Gasteiger partial charge on any atom is 0.226 e. The minimum atomic E-state index is -1.84. The van der Waals surface area contributed by atoms with Gasteiger partial charge in [0.25, 0.3) is 0 Å². The molecule has 3 heterocycles. The SMILES string of the molecule is C=C[C@@]1(O)[C@H](O)[C@@H](CO)O[C@H]1n1cnc2c(N)nc(Cl)nc21. The Kier molecular flexibility index (Phi) is 3.54. The Morgan fingerprint density at radius 1 is 1.55 bits per heavy atom. The van der Waals surface area contributed by atoms with Gasteiger partial charge in [0.2, 0.25) is 5.28 Å². The summed E-state index contributed by atoms with van der Waals surface area (Å²) in [5, 5.41) is 29.9. The number of rotatable bonds is 3. The Morgan fingerprint density at radius 3 is 2.91 bits per heavy atom. The number of fused-ring (bicyclic) bond motifs is 1. The van der Waals surface area contributed by atoms with Crippen molar-refractivity contribution in [3.05, 3.63) is 24.3 Å². The van der Waals surface area contributed by atoms with E-state index < -0.39 is 30.6 Å². The highest BCUT2D eigenvalue weighted by Gasteiger charge is 2.54. The number of ether oxygens (including phenoxy) is 1. The predicted octanol–water partition coefficient (Wildman–Crippen LogP) is -0.770. The van der Waals surface area contributed by atoms with Crippen LogP contribution in [0.4, 0.5) is 5.82 Å². The van der Waals surface area contributed by atoms with Crippen LogP contribution in [0.1, 0.15) is 6.23 Å². The number of imidazole rings is 1. The van der Waals surface area contributed by atoms with E-state index in [1.807, 2.05) is 0 Å². The lowest BCUT2D eigenvalue weighted by atomic mass is 9.94. The maximum atomic E-state index is 10.6. The van der Waals surface area contributed by atoms with Crippen LogP contribution in [0.25, 0.3) is 11.2 Å². The summed E-state index contributed by atoms with van der Waals surface area (Å²) in [6, 6.07) is 0. The van der Waals surface area contributed by atoms with Gasteiger partial charge in [-0.05, 0) is 11.6 Å². The monoisotopic (exact) mass is 327 g/mol. The highest BCUT2D eigenvalue weighted by atomic mass is 35.5. The van der Waals surface area contributed by atoms with Gasteiger partial charge < -0.3 is 25.8 Å². The number of aliphatic hydroxyl groups excluding tert-OH is 2. The highest BCUT2D eigenvalue weighted by molar-refractivity contribution is 6.28. The average molecular weight is 328 g/mol. The molecule has 118 valence electrons. The van der Waals surface area contributed by atoms with Crippen LogP contribution >= 0.6 is 11.6 Å². The van der Waals surface area contributed by atoms with Crippen molar-refractivity contribution in [3.8, 4) is 0 Å². The second-order valence-electron chi connectivity index (χ2n) is 4.95. The summed E-state index contributed by atoms with van der Waals surface area (Å²) in [5.74, 6) is 0.0770. The van der Waals surface area contributed by atoms with E-state index in [0.717, 1.165) is 6.08 Å². The van der Waals surface area contributed by atoms with Gasteiger partial charge in [0.15, 0.2) is 23.3 Å². The molecule has 2 aromatic heterocycles. The zero-order chi connectivity index (χ0) is 16.1. The third-order valence-electron chi connectivity index (χ3n) is 3.71. The van der Waals surface area contributed by atoms with Crippen LogP contribution in [0.2, 0.25) is 5.28 Å². The first-order chi connectivity index (χ1) is 10.4. The molecule has 1 fully saturated rings. The summed E-state index contributed by atoms with van der Waals surface area (Å²) in [7, 11) is 0. The largest absolute Gasteiger partial charge is 0.394 e. The molecule has 1 aliphatic rings. The molecule has 0 unspecified atom stereocenters. The van der Waals surface area contributed by atoms with Crippen LogP contribution in [-0.4, -0.2) is 59.3 Å². The zero-order valence-corrected chi connectivity index (χ0v) is 12.1. The Hall–Kier alpha value is -1.78. The number of aromatic nitrogens is 4. The Balaban J connectivity index is 2.16. The first-order valence-electron chi connectivity index (χ1n) is 6.38. The second kappa shape index (κ2) is 5.14. The van der Waals surface area contributed by atoms with Crippen LogP contribution in [0, 0.1) is 0 Å². The topological polar surface area (TPSA) is 140 Å². The number of anilines is 1. The molecule has 0 saturated carbocycles. The molecule has 22 heavy (non-hydrogen) atoms. The third-order valence-corrected chi connectivity index (χ3v) is 3.87. The Labute approximate surface area is 129 Å². The summed E-state index contributed by atoms with van der Waals surface area (Å²) < 4.78 is 6.88. The van der Waals surface area contributed by atoms with Crippen LogP contribution in [-0.2, 0) is 4.74 Å². The van der Waals surface area contributed by atoms with Gasteiger partial charge in [-0.1, -0.05) is 12.7 Å². The molecule has 9 nitrogen and oxygen atoms in total. The summed E-state index contributed by atoms with van der Waals surface area (Å²) in [6.07, 6.45) is -0.979. The predicted molar refractivity (Wildman–Crippen MR) is 76.9 cm³/mol. The number of halogens is 1. The van der Waals surface area contributed by atoms with Gasteiger partial charge in [0.05, 0.1) is 12.9 Å². The van der Waals surface area contributed by atoms with Crippen molar-refractivity contribution in [2.75, 3.05) is 12.3 Å². The molecule has 0 radical (unpaired) electrons. The molecule has 0 aromatic carbocycles. The molecule has 0 amide bonds. The van der Waals surface area contributed by atoms with Gasteiger partial charge in [-0.25, -0.2) is 4.98 Å². The molecule has 2 aromatic rings. The number of nitrogens with two attached hydrogens (primary N) is 1. The van der Waals surface area contributed by atoms with Crippen LogP contribution in [0.5, 0.6) is 0 Å². The minimum Gasteiger partial charge on any atom is -0.394 e. The second-order valence-corrected chi connectivity index (χ2v) is 5.29. The van der Waals surface area contributed by atoms with Gasteiger partial charge in [0.1, 0.15) is 17.7 Å². The molecule has 3 rings (SSSR count). The fourth-order valence-corrected chi connectivity index (χ4v) is 2.70. The molecule has 1 aliphatic heterocycles. The molecule has 1 saturated heterocycles. The van der Waals surface area contributed by atoms with E-state index in [1.54, 1.807) is 0 Å². The number of hydrogen-bond donors (Lipinski definition) is 4. The van der Waals surface area contributed by atoms with E-state index in [-0.39, 0.29) is 22.3 Å². The van der Waals surface area contributed by atoms with Crippen molar-refractivity contribution < 1.29 is 20.1 Å². The van der Waals surface area contributed by atoms with Crippen molar-refractivity contribution in [1.29, 1.82) is 0 Å². The van der Waals surface area contributed by atoms with Crippen LogP contribution < -0.4 is 5.73 Å². The normalized spacial score (nSPS) is 31.7. The summed E-state index contributed by atoms with van der Waals surface area (Å²) in [5.41, 5.74) is 4.39. The number of nitrogens with zero attached hydrogens (tertiary/aromatic N) is 4. The fourth-order valence-electron chi connectivity index (χ4n) is 2.53. The molecule has 0 aliphatic carbocycles. The molecule has 0 spiro atoms. The fraction of sp³-hybridized carbons (Fsp3) is 0.417. The van der Waals surface area contributed by atoms with Gasteiger partial charge in [-0.15, -0.1) is 0 Å². The van der Waals surface area contributed by atoms with Gasteiger partial charge in [-0.2, -0.15) is 9.97 Å². The number of hydrogen-bond acceptors (Lipinski definition) is 8. The lowest BCUT2D eigenvalue weighted by Gasteiger charge is -2.28. The molecular weight excluding hydrogens is 314 g/mol. The average Bonchev–Trinajstić information content (AvgIpc) is 3.00. The lowest BCUT2D eigenvalue weighted by Crippen LogP contribution is -2.45. The maximum absolute atomic E-state index is 10.6. The van der Waals surface area contributed by atoms with E-state index >= 15 is 0 Å². The van der Waals surface area contributed by atoms with Gasteiger partial charge in [0, 0.05) is 0 Å². The number of aliphatic hydroxyl groups is 3. The zero-order valence-electron chi connectivity index (χ0n) is 11.3. The summed E-state index contributed by atoms with van der Waals surface area (Å²) >= 11 is 5.79. The van der Waals surface area contributed by atoms with E-state index in [4.69, 9.17) is 22.1 Å². The molecular formula is C12H14ClN5O4. The summed E-state index contributed by atoms with van der Waals surface area (Å²) in [4.78, 5) is 11.9. The van der Waals surface area contributed by atoms with Crippen molar-refractivity contribution >= 4 is 28.6 Å². The van der Waals surface area contributed by atoms with Gasteiger partial charge in [-0.3, -0.25) is 4.57 Å². The standard InChI is InChI=1S/C12H14ClN5O4/c1-2-12(21)7(20)5(3-19)22-10(12)18-4-15-6-8(14)16-11(13)17-9(6)18/h2,4-5,7,10,19-21H,1,3H2,(H2,14,16,17)/t5-,7-,10-,12-/m1/s1. The van der Waals surface area contributed by atoms with Crippen LogP contribution in [0.3, 0.4) is 0 Å². The van der Waals surface area contributed by atoms with Crippen molar-refractivity contribution in [1.82, 2.24) is 19.5 Å². The Bertz CT molecular complexity index is 738. The van der Waals surface area contributed by atoms with Crippen molar-refractivity contribution in [2.24, 2.45) is 0 Å². The quantitative estimate of drug-likeness (QED) is 0.425.